The molecule has 2 nitrogen and oxygen atoms in total. The number of halogens is 2. The molecule has 0 bridgehead atoms. The molecule has 1 N–H and O–H groups in total. The van der Waals surface area contributed by atoms with Crippen LogP contribution < -0.4 is 5.32 Å². The van der Waals surface area contributed by atoms with Crippen LogP contribution in [-0.4, -0.2) is 12.5 Å². The lowest BCUT2D eigenvalue weighted by Gasteiger charge is -2.25. The summed E-state index contributed by atoms with van der Waals surface area (Å²) in [5.41, 5.74) is 1.56. The topological polar surface area (TPSA) is 29.1 Å². The molecular formula is C17H17Cl2NO. The van der Waals surface area contributed by atoms with Crippen molar-refractivity contribution in [2.45, 2.75) is 19.3 Å². The maximum absolute atomic E-state index is 12.1. The van der Waals surface area contributed by atoms with Crippen molar-refractivity contribution in [2.75, 3.05) is 6.54 Å². The SMILES string of the molecule is CC(C)(CNC(=O)c1ccc(Cl)cc1)c1ccc(Cl)cc1. The average Bonchev–Trinajstić information content (AvgIpc) is 2.46. The van der Waals surface area contributed by atoms with E-state index in [2.05, 4.69) is 19.2 Å². The molecule has 110 valence electrons. The fourth-order valence-electron chi connectivity index (χ4n) is 2.01. The van der Waals surface area contributed by atoms with Crippen molar-refractivity contribution in [3.8, 4) is 0 Å². The van der Waals surface area contributed by atoms with Gasteiger partial charge in [0.2, 0.25) is 0 Å². The highest BCUT2D eigenvalue weighted by Gasteiger charge is 2.21. The van der Waals surface area contributed by atoms with Crippen molar-refractivity contribution < 1.29 is 4.79 Å². The lowest BCUT2D eigenvalue weighted by molar-refractivity contribution is 0.0945. The quantitative estimate of drug-likeness (QED) is 0.868. The number of nitrogens with one attached hydrogen (secondary N) is 1. The highest BCUT2D eigenvalue weighted by Crippen LogP contribution is 2.24. The number of rotatable bonds is 4. The number of carbonyl (C=O) groups excluding carboxylic acids is 1. The molecule has 0 atom stereocenters. The number of hydrogen-bond acceptors (Lipinski definition) is 1. The molecule has 0 spiro atoms. The molecule has 2 aromatic carbocycles. The third-order valence-electron chi connectivity index (χ3n) is 3.42. The van der Waals surface area contributed by atoms with E-state index in [1.807, 2.05) is 24.3 Å². The predicted molar refractivity (Wildman–Crippen MR) is 88.3 cm³/mol. The van der Waals surface area contributed by atoms with E-state index < -0.39 is 0 Å². The van der Waals surface area contributed by atoms with Gasteiger partial charge in [0, 0.05) is 27.6 Å². The molecule has 0 saturated carbocycles. The zero-order chi connectivity index (χ0) is 15.5. The zero-order valence-electron chi connectivity index (χ0n) is 12.0. The van der Waals surface area contributed by atoms with E-state index in [0.717, 1.165) is 5.56 Å². The summed E-state index contributed by atoms with van der Waals surface area (Å²) in [5, 5.41) is 4.28. The number of carbonyl (C=O) groups is 1. The number of amides is 1. The van der Waals surface area contributed by atoms with Crippen LogP contribution in [0.3, 0.4) is 0 Å². The fraction of sp³-hybridized carbons (Fsp3) is 0.235. The van der Waals surface area contributed by atoms with Gasteiger partial charge in [-0.25, -0.2) is 0 Å². The van der Waals surface area contributed by atoms with Crippen LogP contribution in [0, 0.1) is 0 Å². The van der Waals surface area contributed by atoms with E-state index in [1.54, 1.807) is 24.3 Å². The summed E-state index contributed by atoms with van der Waals surface area (Å²) in [4.78, 5) is 12.1. The standard InChI is InChI=1S/C17H17Cl2NO/c1-17(2,13-5-9-15(19)10-6-13)11-20-16(21)12-3-7-14(18)8-4-12/h3-10H,11H2,1-2H3,(H,20,21). The minimum Gasteiger partial charge on any atom is -0.351 e. The third kappa shape index (κ3) is 4.23. The Morgan fingerprint density at radius 2 is 1.43 bits per heavy atom. The molecule has 0 saturated heterocycles. The Bertz CT molecular complexity index is 618. The third-order valence-corrected chi connectivity index (χ3v) is 3.93. The largest absolute Gasteiger partial charge is 0.351 e. The minimum atomic E-state index is -0.174. The van der Waals surface area contributed by atoms with Crippen molar-refractivity contribution in [2.24, 2.45) is 0 Å². The highest BCUT2D eigenvalue weighted by molar-refractivity contribution is 6.30. The normalized spacial score (nSPS) is 11.2. The Kier molecular flexibility index (Phi) is 4.92. The highest BCUT2D eigenvalue weighted by atomic mass is 35.5. The van der Waals surface area contributed by atoms with Crippen LogP contribution in [0.15, 0.2) is 48.5 Å². The summed E-state index contributed by atoms with van der Waals surface area (Å²) < 4.78 is 0. The van der Waals surface area contributed by atoms with E-state index in [1.165, 1.54) is 0 Å². The average molecular weight is 322 g/mol. The predicted octanol–water partition coefficient (Wildman–Crippen LogP) is 4.70. The van der Waals surface area contributed by atoms with Crippen molar-refractivity contribution in [1.82, 2.24) is 5.32 Å². The van der Waals surface area contributed by atoms with Crippen LogP contribution in [0.5, 0.6) is 0 Å². The van der Waals surface area contributed by atoms with Crippen LogP contribution in [0.25, 0.3) is 0 Å². The van der Waals surface area contributed by atoms with Crippen molar-refractivity contribution in [1.29, 1.82) is 0 Å². The van der Waals surface area contributed by atoms with Crippen molar-refractivity contribution in [3.63, 3.8) is 0 Å². The maximum Gasteiger partial charge on any atom is 0.251 e. The van der Waals surface area contributed by atoms with Gasteiger partial charge in [-0.05, 0) is 42.0 Å². The molecule has 2 aromatic rings. The first kappa shape index (κ1) is 15.9. The molecule has 1 amide bonds. The molecule has 0 unspecified atom stereocenters. The molecule has 4 heteroatoms. The van der Waals surface area contributed by atoms with Gasteiger partial charge < -0.3 is 5.32 Å². The first-order chi connectivity index (χ1) is 9.88. The molecule has 0 fully saturated rings. The van der Waals surface area contributed by atoms with Gasteiger partial charge in [0.05, 0.1) is 0 Å². The van der Waals surface area contributed by atoms with Gasteiger partial charge >= 0.3 is 0 Å². The van der Waals surface area contributed by atoms with Crippen LogP contribution in [0.1, 0.15) is 29.8 Å². The molecule has 2 rings (SSSR count). The zero-order valence-corrected chi connectivity index (χ0v) is 13.5. The molecule has 0 heterocycles. The van der Waals surface area contributed by atoms with E-state index in [0.29, 0.717) is 22.2 Å². The van der Waals surface area contributed by atoms with Gasteiger partial charge in [-0.1, -0.05) is 49.2 Å². The summed E-state index contributed by atoms with van der Waals surface area (Å²) in [7, 11) is 0. The molecule has 21 heavy (non-hydrogen) atoms. The lowest BCUT2D eigenvalue weighted by atomic mass is 9.84. The van der Waals surface area contributed by atoms with E-state index in [-0.39, 0.29) is 11.3 Å². The minimum absolute atomic E-state index is 0.103. The maximum atomic E-state index is 12.1. The van der Waals surface area contributed by atoms with Crippen LogP contribution in [0.2, 0.25) is 10.0 Å². The Balaban J connectivity index is 2.02. The number of benzene rings is 2. The Hall–Kier alpha value is -1.51. The number of hydrogen-bond donors (Lipinski definition) is 1. The van der Waals surface area contributed by atoms with E-state index in [9.17, 15) is 4.79 Å². The first-order valence-electron chi connectivity index (χ1n) is 6.68. The van der Waals surface area contributed by atoms with E-state index in [4.69, 9.17) is 23.2 Å². The summed E-state index contributed by atoms with van der Waals surface area (Å²) in [5.74, 6) is -0.103. The first-order valence-corrected chi connectivity index (χ1v) is 7.44. The monoisotopic (exact) mass is 321 g/mol. The van der Waals surface area contributed by atoms with Gasteiger partial charge in [0.1, 0.15) is 0 Å². The van der Waals surface area contributed by atoms with Crippen molar-refractivity contribution in [3.05, 3.63) is 69.7 Å². The lowest BCUT2D eigenvalue weighted by Crippen LogP contribution is -2.36. The Labute approximate surface area is 135 Å². The van der Waals surface area contributed by atoms with Gasteiger partial charge in [0.25, 0.3) is 5.91 Å². The molecule has 0 radical (unpaired) electrons. The smallest absolute Gasteiger partial charge is 0.251 e. The van der Waals surface area contributed by atoms with Crippen LogP contribution >= 0.6 is 23.2 Å². The Morgan fingerprint density at radius 1 is 0.952 bits per heavy atom. The second-order valence-corrected chi connectivity index (χ2v) is 6.45. The summed E-state index contributed by atoms with van der Waals surface area (Å²) >= 11 is 11.7. The van der Waals surface area contributed by atoms with Gasteiger partial charge in [0.15, 0.2) is 0 Å². The molecule has 0 aliphatic carbocycles. The molecule has 0 aromatic heterocycles. The van der Waals surface area contributed by atoms with Gasteiger partial charge in [-0.2, -0.15) is 0 Å². The summed E-state index contributed by atoms with van der Waals surface area (Å²) in [6, 6.07) is 14.5. The summed E-state index contributed by atoms with van der Waals surface area (Å²) in [6.45, 7) is 4.70. The summed E-state index contributed by atoms with van der Waals surface area (Å²) in [6.07, 6.45) is 0. The van der Waals surface area contributed by atoms with Gasteiger partial charge in [-0.15, -0.1) is 0 Å². The second kappa shape index (κ2) is 6.50. The second-order valence-electron chi connectivity index (χ2n) is 5.58. The molecule has 0 aliphatic rings. The van der Waals surface area contributed by atoms with Crippen LogP contribution in [-0.2, 0) is 5.41 Å². The van der Waals surface area contributed by atoms with Crippen molar-refractivity contribution >= 4 is 29.1 Å². The Morgan fingerprint density at radius 3 is 1.95 bits per heavy atom. The molecular weight excluding hydrogens is 305 g/mol. The van der Waals surface area contributed by atoms with E-state index >= 15 is 0 Å². The fourth-order valence-corrected chi connectivity index (χ4v) is 2.26. The molecule has 0 aliphatic heterocycles. The van der Waals surface area contributed by atoms with Gasteiger partial charge in [-0.3, -0.25) is 4.79 Å². The van der Waals surface area contributed by atoms with Crippen LogP contribution in [0.4, 0.5) is 0 Å².